The van der Waals surface area contributed by atoms with E-state index in [1.807, 2.05) is 31.2 Å². The molecule has 0 saturated carbocycles. The van der Waals surface area contributed by atoms with E-state index in [0.717, 1.165) is 18.8 Å². The van der Waals surface area contributed by atoms with Gasteiger partial charge in [-0.15, -0.1) is 6.58 Å². The minimum atomic E-state index is -1.22. The summed E-state index contributed by atoms with van der Waals surface area (Å²) in [7, 11) is 0. The molecule has 4 rings (SSSR count). The van der Waals surface area contributed by atoms with Gasteiger partial charge in [-0.1, -0.05) is 13.0 Å². The molecule has 2 N–H and O–H groups in total. The van der Waals surface area contributed by atoms with E-state index < -0.39 is 35.0 Å². The van der Waals surface area contributed by atoms with E-state index in [0.29, 0.717) is 24.9 Å². The highest BCUT2D eigenvalue weighted by Gasteiger charge is 2.80. The molecular formula is C29H41N3O6. The Morgan fingerprint density at radius 3 is 2.37 bits per heavy atom. The van der Waals surface area contributed by atoms with Gasteiger partial charge in [0.1, 0.15) is 17.6 Å². The van der Waals surface area contributed by atoms with Crippen LogP contribution in [-0.2, 0) is 19.1 Å². The van der Waals surface area contributed by atoms with Crippen molar-refractivity contribution in [1.82, 2.24) is 4.90 Å². The molecule has 1 aromatic rings. The number of likely N-dealkylation sites (tertiary alicyclic amines) is 1. The summed E-state index contributed by atoms with van der Waals surface area (Å²) in [6.07, 6.45) is 3.05. The van der Waals surface area contributed by atoms with Crippen molar-refractivity contribution in [3.05, 3.63) is 36.9 Å². The predicted octanol–water partition coefficient (Wildman–Crippen LogP) is 2.92. The molecule has 2 bridgehead atoms. The second kappa shape index (κ2) is 10.7. The zero-order chi connectivity index (χ0) is 27.8. The lowest BCUT2D eigenvalue weighted by molar-refractivity contribution is -0.156. The van der Waals surface area contributed by atoms with Crippen LogP contribution in [-0.4, -0.2) is 82.9 Å². The van der Waals surface area contributed by atoms with E-state index in [2.05, 4.69) is 25.3 Å². The second-order valence-electron chi connectivity index (χ2n) is 10.9. The van der Waals surface area contributed by atoms with Crippen LogP contribution >= 0.6 is 0 Å². The minimum absolute atomic E-state index is 0.0277. The molecule has 6 atom stereocenters. The first kappa shape index (κ1) is 28.1. The SMILES string of the molecule is C=CCN(C(=O)C1N(CCCCO)C(=O)[C@@H]2[C@H](C(=O)O)[C@@]3(C)OC12CC3C)c1ccc(N(CC)CC)cc1. The number of hydrogen-bond donors (Lipinski definition) is 2. The Bertz CT molecular complexity index is 1070. The van der Waals surface area contributed by atoms with Crippen molar-refractivity contribution in [2.45, 2.75) is 64.2 Å². The normalized spacial score (nSPS) is 31.4. The molecule has 3 aliphatic heterocycles. The molecule has 1 aromatic carbocycles. The minimum Gasteiger partial charge on any atom is -0.481 e. The Morgan fingerprint density at radius 1 is 1.18 bits per heavy atom. The van der Waals surface area contributed by atoms with Crippen LogP contribution in [0.5, 0.6) is 0 Å². The number of aliphatic hydroxyl groups is 1. The summed E-state index contributed by atoms with van der Waals surface area (Å²) in [5, 5.41) is 19.5. The highest BCUT2D eigenvalue weighted by molar-refractivity contribution is 6.04. The highest BCUT2D eigenvalue weighted by atomic mass is 16.5. The van der Waals surface area contributed by atoms with E-state index in [1.54, 1.807) is 17.9 Å². The number of unbranched alkanes of at least 4 members (excludes halogenated alkanes) is 1. The third kappa shape index (κ3) is 4.20. The number of carbonyl (C=O) groups is 3. The molecule has 0 radical (unpaired) electrons. The van der Waals surface area contributed by atoms with Crippen molar-refractivity contribution in [2.75, 3.05) is 42.6 Å². The summed E-state index contributed by atoms with van der Waals surface area (Å²) in [6, 6.07) is 6.79. The average Bonchev–Trinajstić information content (AvgIpc) is 3.40. The maximum Gasteiger partial charge on any atom is 0.310 e. The fourth-order valence-corrected chi connectivity index (χ4v) is 7.06. The Hall–Kier alpha value is -2.91. The number of ether oxygens (including phenoxy) is 1. The van der Waals surface area contributed by atoms with E-state index in [9.17, 15) is 24.6 Å². The molecule has 3 heterocycles. The first-order valence-corrected chi connectivity index (χ1v) is 13.7. The fourth-order valence-electron chi connectivity index (χ4n) is 7.06. The van der Waals surface area contributed by atoms with Crippen molar-refractivity contribution in [2.24, 2.45) is 17.8 Å². The summed E-state index contributed by atoms with van der Waals surface area (Å²) in [5.41, 5.74) is -0.522. The molecule has 3 fully saturated rings. The van der Waals surface area contributed by atoms with Gasteiger partial charge in [0.2, 0.25) is 5.91 Å². The predicted molar refractivity (Wildman–Crippen MR) is 145 cm³/mol. The van der Waals surface area contributed by atoms with Gasteiger partial charge in [0, 0.05) is 44.2 Å². The summed E-state index contributed by atoms with van der Waals surface area (Å²) in [6.45, 7) is 13.9. The number of carbonyl (C=O) groups excluding carboxylic acids is 2. The highest BCUT2D eigenvalue weighted by Crippen LogP contribution is 2.65. The lowest BCUT2D eigenvalue weighted by Crippen LogP contribution is -2.57. The lowest BCUT2D eigenvalue weighted by Gasteiger charge is -2.37. The first-order chi connectivity index (χ1) is 18.1. The third-order valence-corrected chi connectivity index (χ3v) is 8.99. The van der Waals surface area contributed by atoms with Crippen LogP contribution in [0.2, 0.25) is 0 Å². The van der Waals surface area contributed by atoms with Gasteiger partial charge in [-0.3, -0.25) is 14.4 Å². The zero-order valence-electron chi connectivity index (χ0n) is 22.9. The Kier molecular flexibility index (Phi) is 7.91. The number of benzene rings is 1. The van der Waals surface area contributed by atoms with Crippen LogP contribution in [0.15, 0.2) is 36.9 Å². The quantitative estimate of drug-likeness (QED) is 0.318. The smallest absolute Gasteiger partial charge is 0.310 e. The van der Waals surface area contributed by atoms with Gasteiger partial charge in [-0.05, 0) is 70.2 Å². The lowest BCUT2D eigenvalue weighted by atomic mass is 9.62. The van der Waals surface area contributed by atoms with Gasteiger partial charge in [-0.25, -0.2) is 0 Å². The van der Waals surface area contributed by atoms with Crippen molar-refractivity contribution in [3.8, 4) is 0 Å². The van der Waals surface area contributed by atoms with Gasteiger partial charge >= 0.3 is 5.97 Å². The van der Waals surface area contributed by atoms with E-state index in [-0.39, 0.29) is 37.4 Å². The maximum absolute atomic E-state index is 14.5. The number of fused-ring (bicyclic) bond motifs is 1. The van der Waals surface area contributed by atoms with Gasteiger partial charge in [0.25, 0.3) is 5.91 Å². The van der Waals surface area contributed by atoms with Gasteiger partial charge in [0.15, 0.2) is 0 Å². The maximum atomic E-state index is 14.5. The van der Waals surface area contributed by atoms with Crippen LogP contribution in [0.1, 0.15) is 47.0 Å². The summed E-state index contributed by atoms with van der Waals surface area (Å²) in [5.74, 6) is -3.82. The van der Waals surface area contributed by atoms with Crippen LogP contribution in [0.25, 0.3) is 0 Å². The number of hydrogen-bond acceptors (Lipinski definition) is 6. The Balaban J connectivity index is 1.76. The number of amides is 2. The molecule has 0 aliphatic carbocycles. The molecule has 2 amide bonds. The molecule has 38 heavy (non-hydrogen) atoms. The standard InChI is InChI=1S/C29H41N3O6/c1-6-15-31(21-13-11-20(12-14-21)30(7-2)8-3)26(35)24-29-18-19(4)28(5,38-29)23(27(36)37)22(29)25(34)32(24)16-9-10-17-33/h6,11-14,19,22-24,33H,1,7-10,15-18H2,2-5H3,(H,36,37)/t19?,22-,23+,24?,28-,29?/m0/s1. The fraction of sp³-hybridized carbons (Fsp3) is 0.621. The van der Waals surface area contributed by atoms with Crippen molar-refractivity contribution < 1.29 is 29.3 Å². The molecule has 9 nitrogen and oxygen atoms in total. The largest absolute Gasteiger partial charge is 0.481 e. The Labute approximate surface area is 225 Å². The number of aliphatic hydroxyl groups excluding tert-OH is 1. The average molecular weight is 528 g/mol. The summed E-state index contributed by atoms with van der Waals surface area (Å²) in [4.78, 5) is 46.2. The third-order valence-electron chi connectivity index (χ3n) is 8.99. The molecule has 3 unspecified atom stereocenters. The molecule has 9 heteroatoms. The molecule has 0 aromatic heterocycles. The van der Waals surface area contributed by atoms with Crippen LogP contribution in [0.3, 0.4) is 0 Å². The van der Waals surface area contributed by atoms with Crippen LogP contribution in [0, 0.1) is 17.8 Å². The summed E-state index contributed by atoms with van der Waals surface area (Å²) < 4.78 is 6.57. The number of carboxylic acid groups (broad SMARTS) is 1. The van der Waals surface area contributed by atoms with Crippen molar-refractivity contribution in [3.63, 3.8) is 0 Å². The Morgan fingerprint density at radius 2 is 1.82 bits per heavy atom. The van der Waals surface area contributed by atoms with Gasteiger partial charge < -0.3 is 29.6 Å². The number of aliphatic carboxylic acids is 1. The van der Waals surface area contributed by atoms with E-state index >= 15 is 0 Å². The van der Waals surface area contributed by atoms with Crippen LogP contribution in [0.4, 0.5) is 11.4 Å². The molecule has 208 valence electrons. The van der Waals surface area contributed by atoms with Gasteiger partial charge in [-0.2, -0.15) is 0 Å². The number of nitrogens with zero attached hydrogens (tertiary/aromatic N) is 3. The van der Waals surface area contributed by atoms with E-state index in [1.165, 1.54) is 4.90 Å². The molecule has 1 spiro atoms. The van der Waals surface area contributed by atoms with Crippen LogP contribution < -0.4 is 9.80 Å². The zero-order valence-corrected chi connectivity index (χ0v) is 22.9. The second-order valence-corrected chi connectivity index (χ2v) is 10.9. The van der Waals surface area contributed by atoms with Gasteiger partial charge in [0.05, 0.1) is 11.5 Å². The molecule has 3 saturated heterocycles. The summed E-state index contributed by atoms with van der Waals surface area (Å²) >= 11 is 0. The number of carboxylic acids is 1. The first-order valence-electron chi connectivity index (χ1n) is 13.7. The van der Waals surface area contributed by atoms with E-state index in [4.69, 9.17) is 4.74 Å². The number of rotatable bonds is 12. The van der Waals surface area contributed by atoms with Crippen molar-refractivity contribution >= 4 is 29.2 Å². The molecule has 3 aliphatic rings. The van der Waals surface area contributed by atoms with Crippen molar-refractivity contribution in [1.29, 1.82) is 0 Å². The topological polar surface area (TPSA) is 111 Å². The molecular weight excluding hydrogens is 486 g/mol. The number of anilines is 2. The monoisotopic (exact) mass is 527 g/mol.